The zero-order chi connectivity index (χ0) is 34.1. The van der Waals surface area contributed by atoms with Gasteiger partial charge in [-0.25, -0.2) is 25.3 Å². The van der Waals surface area contributed by atoms with Crippen molar-refractivity contribution < 1.29 is 56.6 Å². The maximum Gasteiger partial charge on any atom is 0.218 e. The topological polar surface area (TPSA) is 220 Å². The smallest absolute Gasteiger partial charge is 0.218 e. The lowest BCUT2D eigenvalue weighted by Crippen LogP contribution is -2.65. The van der Waals surface area contributed by atoms with Gasteiger partial charge in [-0.1, -0.05) is 58.4 Å². The van der Waals surface area contributed by atoms with E-state index in [2.05, 4.69) is 42.6 Å². The zero-order valence-corrected chi connectivity index (χ0v) is 29.0. The molecule has 1 N–H and O–H groups in total. The average Bonchev–Trinajstić information content (AvgIpc) is 3.13. The molecule has 0 aromatic carbocycles. The lowest BCUT2D eigenvalue weighted by atomic mass is 9.43. The summed E-state index contributed by atoms with van der Waals surface area (Å²) in [4.78, 5) is 0. The van der Waals surface area contributed by atoms with Crippen molar-refractivity contribution in [3.63, 3.8) is 0 Å². The molecule has 16 heteroatoms. The van der Waals surface area contributed by atoms with Crippen LogP contribution in [0.2, 0.25) is 0 Å². The van der Waals surface area contributed by atoms with Gasteiger partial charge < -0.3 is 18.8 Å². The van der Waals surface area contributed by atoms with E-state index in [1.807, 2.05) is 13.0 Å². The normalized spacial score (nSPS) is 41.7. The summed E-state index contributed by atoms with van der Waals surface area (Å²) >= 11 is 0. The van der Waals surface area contributed by atoms with Crippen LogP contribution in [-0.4, -0.2) is 68.4 Å². The van der Waals surface area contributed by atoms with Crippen LogP contribution in [-0.2, 0) is 43.7 Å². The quantitative estimate of drug-likeness (QED) is 0.186. The fourth-order valence-corrected chi connectivity index (χ4v) is 11.2. The largest absolute Gasteiger partial charge is 0.726 e. The average molecular weight is 698 g/mol. The van der Waals surface area contributed by atoms with Crippen LogP contribution in [0, 0.1) is 45.8 Å². The summed E-state index contributed by atoms with van der Waals surface area (Å²) < 4.78 is 120. The SMILES string of the molecule is C=C(C)C(C)CC[C@@H](C)[C@H]1CC[C@@]2(C)[C@@H]3C[C@H](OS(=O)(=O)[O-])[C@H]4[C@@H](O)[C@H](OS(=O)(=O)[O-])[C@@H](OS(=O)(=O)[O-])C[C@]4(C)C3=CC[C@]12C. The van der Waals surface area contributed by atoms with Crippen molar-refractivity contribution in [3.8, 4) is 0 Å². The standard InChI is InChI=1S/C29H48O13S3/c1-16(2)17(3)8-9-18(4)19-10-12-29(7)21-14-22(40-43(31,32)33)24-25(30)26(42-45(37,38)39)23(41-44(34,35)36)15-27(24,5)20(21)11-13-28(19,29)6/h11,17-19,21-26,30H,1,8-10,12-15H2,2-7H3,(H,31,32,33)(H,34,35,36)(H,37,38,39)/p-3/t17?,18-,19-,21-,22+,23+,24+,25-,26-,27-,28-,29+/m1/s1. The molecule has 13 nitrogen and oxygen atoms in total. The van der Waals surface area contributed by atoms with Gasteiger partial charge >= 0.3 is 0 Å². The van der Waals surface area contributed by atoms with Crippen molar-refractivity contribution in [2.75, 3.05) is 0 Å². The fraction of sp³-hybridized carbons (Fsp3) is 0.862. The highest BCUT2D eigenvalue weighted by atomic mass is 32.3. The van der Waals surface area contributed by atoms with E-state index in [1.54, 1.807) is 6.92 Å². The molecule has 0 aromatic rings. The minimum Gasteiger partial charge on any atom is -0.726 e. The van der Waals surface area contributed by atoms with Crippen molar-refractivity contribution in [2.24, 2.45) is 45.8 Å². The predicted molar refractivity (Wildman–Crippen MR) is 158 cm³/mol. The minimum atomic E-state index is -5.57. The van der Waals surface area contributed by atoms with Crippen molar-refractivity contribution in [2.45, 2.75) is 111 Å². The molecule has 0 bridgehead atoms. The fourth-order valence-electron chi connectivity index (χ4n) is 9.67. The molecule has 0 aromatic heterocycles. The van der Waals surface area contributed by atoms with Crippen LogP contribution in [0.4, 0.5) is 0 Å². The molecule has 0 aliphatic heterocycles. The summed E-state index contributed by atoms with van der Waals surface area (Å²) in [7, 11) is -16.4. The maximum absolute atomic E-state index is 12.0. The molecule has 0 spiro atoms. The summed E-state index contributed by atoms with van der Waals surface area (Å²) in [6.45, 7) is 16.5. The number of allylic oxidation sites excluding steroid dienone is 3. The van der Waals surface area contributed by atoms with Gasteiger partial charge in [0.2, 0.25) is 31.2 Å². The van der Waals surface area contributed by atoms with Gasteiger partial charge in [-0.2, -0.15) is 0 Å². The van der Waals surface area contributed by atoms with Gasteiger partial charge in [0.05, 0.1) is 12.2 Å². The molecule has 45 heavy (non-hydrogen) atoms. The van der Waals surface area contributed by atoms with Gasteiger partial charge in [0.15, 0.2) is 0 Å². The zero-order valence-electron chi connectivity index (χ0n) is 26.5. The second kappa shape index (κ2) is 12.2. The van der Waals surface area contributed by atoms with Gasteiger partial charge in [0.1, 0.15) is 12.2 Å². The molecule has 0 amide bonds. The summed E-state index contributed by atoms with van der Waals surface area (Å²) in [6, 6.07) is 0. The summed E-state index contributed by atoms with van der Waals surface area (Å²) in [5.41, 5.74) is -0.151. The molecule has 1 unspecified atom stereocenters. The highest BCUT2D eigenvalue weighted by molar-refractivity contribution is 7.81. The monoisotopic (exact) mass is 697 g/mol. The van der Waals surface area contributed by atoms with Crippen LogP contribution in [0.5, 0.6) is 0 Å². The lowest BCUT2D eigenvalue weighted by Gasteiger charge is -2.64. The van der Waals surface area contributed by atoms with E-state index >= 15 is 0 Å². The van der Waals surface area contributed by atoms with Crippen LogP contribution >= 0.6 is 0 Å². The number of fused-ring (bicyclic) bond motifs is 5. The summed E-state index contributed by atoms with van der Waals surface area (Å²) in [5, 5.41) is 11.5. The van der Waals surface area contributed by atoms with Gasteiger partial charge in [0.25, 0.3) is 0 Å². The van der Waals surface area contributed by atoms with E-state index in [1.165, 1.54) is 0 Å². The molecule has 4 rings (SSSR count). The van der Waals surface area contributed by atoms with E-state index in [0.717, 1.165) is 36.8 Å². The van der Waals surface area contributed by atoms with Crippen molar-refractivity contribution >= 4 is 31.2 Å². The first kappa shape index (κ1) is 36.9. The third-order valence-electron chi connectivity index (χ3n) is 12.2. The first-order chi connectivity index (χ1) is 20.3. The molecule has 0 heterocycles. The molecular formula is C29H45O13S3-3. The Kier molecular flexibility index (Phi) is 9.98. The second-order valence-corrected chi connectivity index (χ2v) is 17.7. The first-order valence-electron chi connectivity index (χ1n) is 15.3. The summed E-state index contributed by atoms with van der Waals surface area (Å²) in [5.74, 6) is -0.670. The predicted octanol–water partition coefficient (Wildman–Crippen LogP) is 3.31. The van der Waals surface area contributed by atoms with Crippen LogP contribution in [0.3, 0.4) is 0 Å². The Morgan fingerprint density at radius 2 is 1.51 bits per heavy atom. The molecule has 0 saturated heterocycles. The number of hydrogen-bond acceptors (Lipinski definition) is 13. The Hall–Kier alpha value is -0.950. The Morgan fingerprint density at radius 1 is 0.956 bits per heavy atom. The number of aliphatic hydroxyl groups excluding tert-OH is 1. The van der Waals surface area contributed by atoms with Gasteiger partial charge in [0, 0.05) is 5.92 Å². The van der Waals surface area contributed by atoms with Crippen LogP contribution in [0.1, 0.15) is 86.5 Å². The molecule has 4 aliphatic carbocycles. The Morgan fingerprint density at radius 3 is 2.04 bits per heavy atom. The third kappa shape index (κ3) is 7.10. The van der Waals surface area contributed by atoms with Crippen molar-refractivity contribution in [1.29, 1.82) is 0 Å². The van der Waals surface area contributed by atoms with Gasteiger partial charge in [-0.05, 0) is 91.8 Å². The second-order valence-electron chi connectivity index (χ2n) is 14.6. The number of hydrogen-bond donors (Lipinski definition) is 1. The van der Waals surface area contributed by atoms with Gasteiger partial charge in [-0.3, -0.25) is 12.5 Å². The Bertz CT molecular complexity index is 1520. The Balaban J connectivity index is 1.80. The molecular weight excluding hydrogens is 653 g/mol. The highest BCUT2D eigenvalue weighted by Crippen LogP contribution is 2.72. The van der Waals surface area contributed by atoms with Crippen LogP contribution in [0.25, 0.3) is 0 Å². The number of rotatable bonds is 11. The van der Waals surface area contributed by atoms with Crippen molar-refractivity contribution in [1.82, 2.24) is 0 Å². The first-order valence-corrected chi connectivity index (χ1v) is 19.3. The lowest BCUT2D eigenvalue weighted by molar-refractivity contribution is -0.179. The van der Waals surface area contributed by atoms with E-state index in [4.69, 9.17) is 4.18 Å². The molecule has 0 radical (unpaired) electrons. The molecule has 4 aliphatic rings. The van der Waals surface area contributed by atoms with E-state index < -0.39 is 78.8 Å². The van der Waals surface area contributed by atoms with Crippen molar-refractivity contribution in [3.05, 3.63) is 23.8 Å². The molecule has 3 fully saturated rings. The minimum absolute atomic E-state index is 0.0211. The van der Waals surface area contributed by atoms with Crippen LogP contribution in [0.15, 0.2) is 23.8 Å². The van der Waals surface area contributed by atoms with E-state index in [9.17, 15) is 44.0 Å². The highest BCUT2D eigenvalue weighted by Gasteiger charge is 2.68. The van der Waals surface area contributed by atoms with Crippen LogP contribution < -0.4 is 0 Å². The van der Waals surface area contributed by atoms with Gasteiger partial charge in [-0.15, -0.1) is 0 Å². The third-order valence-corrected chi connectivity index (χ3v) is 13.7. The number of aliphatic hydroxyl groups is 1. The Labute approximate surface area is 267 Å². The molecule has 260 valence electrons. The van der Waals surface area contributed by atoms with E-state index in [0.29, 0.717) is 24.2 Å². The maximum atomic E-state index is 12.0. The summed E-state index contributed by atoms with van der Waals surface area (Å²) in [6.07, 6.45) is -1.82. The van der Waals surface area contributed by atoms with E-state index in [-0.39, 0.29) is 17.8 Å². The molecule has 3 saturated carbocycles. The molecule has 12 atom stereocenters.